The molecule has 8 rings (SSSR count). The van der Waals surface area contributed by atoms with Crippen LogP contribution in [0.15, 0.2) is 29.9 Å². The first-order valence-corrected chi connectivity index (χ1v) is 16.9. The molecule has 0 radical (unpaired) electrons. The topological polar surface area (TPSA) is 91.8 Å². The SMILES string of the molecule is C/C(=C\[C@@H]1C[C@@]2(C)[C@@H]3CCC4Cc5c([nH]c6cc7c(cc56)C5=CC(C)(C)OC(C)(C)[C@@H]5C7)[C@]4(C)[C@@]3(C)CC[C@]2(O)O1)C(=O)O. The summed E-state index contributed by atoms with van der Waals surface area (Å²) in [6.45, 7) is 17.7. The number of carboxylic acid groups (broad SMARTS) is 1. The molecule has 6 aliphatic rings. The minimum atomic E-state index is -1.24. The van der Waals surface area contributed by atoms with Crippen molar-refractivity contribution in [1.82, 2.24) is 4.98 Å². The minimum absolute atomic E-state index is 0.0298. The van der Waals surface area contributed by atoms with E-state index in [1.165, 1.54) is 38.9 Å². The van der Waals surface area contributed by atoms with Crippen molar-refractivity contribution in [3.8, 4) is 0 Å². The Kier molecular flexibility index (Phi) is 5.60. The van der Waals surface area contributed by atoms with Crippen LogP contribution in [0.2, 0.25) is 0 Å². The van der Waals surface area contributed by atoms with E-state index in [-0.39, 0.29) is 39.6 Å². The van der Waals surface area contributed by atoms with Gasteiger partial charge in [0, 0.05) is 45.3 Å². The van der Waals surface area contributed by atoms with E-state index in [1.807, 2.05) is 0 Å². The molecule has 1 unspecified atom stereocenters. The van der Waals surface area contributed by atoms with Crippen LogP contribution in [0.25, 0.3) is 16.5 Å². The zero-order valence-electron chi connectivity index (χ0n) is 27.7. The van der Waals surface area contributed by atoms with Crippen molar-refractivity contribution in [3.05, 3.63) is 52.2 Å². The van der Waals surface area contributed by atoms with Gasteiger partial charge in [0.2, 0.25) is 0 Å². The van der Waals surface area contributed by atoms with Gasteiger partial charge in [-0.3, -0.25) is 0 Å². The molecule has 1 aromatic carbocycles. The number of aliphatic hydroxyl groups is 1. The fraction of sp³-hybridized carbons (Fsp3) is 0.658. The van der Waals surface area contributed by atoms with Gasteiger partial charge < -0.3 is 24.7 Å². The van der Waals surface area contributed by atoms with E-state index in [0.29, 0.717) is 24.7 Å². The van der Waals surface area contributed by atoms with E-state index in [9.17, 15) is 15.0 Å². The number of aromatic nitrogens is 1. The van der Waals surface area contributed by atoms with Crippen molar-refractivity contribution < 1.29 is 24.5 Å². The standard InChI is InChI=1S/C38H49NO5/c1-20(32(40)41)13-23-18-36(7)30-10-9-22-16-26-25-17-24-21(14-28-27(24)19-33(2,3)44-34(28,4)5)15-29(25)39-31(26)37(22,8)35(30,6)11-12-38(36,42)43-23/h13,15,17,19,22-23,28,30,39,42H,9-12,14,16,18H2,1-8H3,(H,40,41)/b20-13+/t22?,23-,28-,30-,35+,36+,37-,38+/m1/s1. The van der Waals surface area contributed by atoms with Gasteiger partial charge in [-0.2, -0.15) is 0 Å². The number of rotatable bonds is 2. The number of aliphatic carboxylic acids is 1. The van der Waals surface area contributed by atoms with Gasteiger partial charge in [0.25, 0.3) is 0 Å². The zero-order chi connectivity index (χ0) is 31.4. The summed E-state index contributed by atoms with van der Waals surface area (Å²) in [6.07, 6.45) is 10.1. The maximum Gasteiger partial charge on any atom is 0.331 e. The van der Waals surface area contributed by atoms with Gasteiger partial charge in [-0.1, -0.05) is 20.8 Å². The number of carbonyl (C=O) groups is 1. The first kappa shape index (κ1) is 29.0. The lowest BCUT2D eigenvalue weighted by molar-refractivity contribution is -0.294. The number of hydrogen-bond acceptors (Lipinski definition) is 4. The molecular weight excluding hydrogens is 550 g/mol. The molecule has 1 aromatic heterocycles. The summed E-state index contributed by atoms with van der Waals surface area (Å²) >= 11 is 0. The summed E-state index contributed by atoms with van der Waals surface area (Å²) in [5.74, 6) is -0.981. The number of carboxylic acids is 1. The van der Waals surface area contributed by atoms with Gasteiger partial charge in [-0.25, -0.2) is 4.79 Å². The van der Waals surface area contributed by atoms with Crippen LogP contribution in [-0.4, -0.2) is 44.3 Å². The van der Waals surface area contributed by atoms with Gasteiger partial charge in [0.15, 0.2) is 5.79 Å². The number of ether oxygens (including phenoxy) is 2. The van der Waals surface area contributed by atoms with E-state index < -0.39 is 17.2 Å². The maximum absolute atomic E-state index is 12.0. The number of hydrogen-bond donors (Lipinski definition) is 3. The van der Waals surface area contributed by atoms with Gasteiger partial charge in [0.1, 0.15) is 0 Å². The third kappa shape index (κ3) is 3.46. The van der Waals surface area contributed by atoms with Crippen molar-refractivity contribution in [2.24, 2.45) is 28.6 Å². The van der Waals surface area contributed by atoms with E-state index in [1.54, 1.807) is 13.0 Å². The third-order valence-electron chi connectivity index (χ3n) is 14.0. The normalized spacial score (nSPS) is 43.0. The van der Waals surface area contributed by atoms with E-state index >= 15 is 0 Å². The molecule has 44 heavy (non-hydrogen) atoms. The fourth-order valence-corrected chi connectivity index (χ4v) is 11.8. The minimum Gasteiger partial charge on any atom is -0.478 e. The van der Waals surface area contributed by atoms with Crippen molar-refractivity contribution in [3.63, 3.8) is 0 Å². The average Bonchev–Trinajstić information content (AvgIpc) is 3.60. The monoisotopic (exact) mass is 599 g/mol. The van der Waals surface area contributed by atoms with Crippen molar-refractivity contribution in [2.45, 2.75) is 129 Å². The molecule has 8 atom stereocenters. The molecule has 2 aliphatic heterocycles. The fourth-order valence-electron chi connectivity index (χ4n) is 11.8. The quantitative estimate of drug-likeness (QED) is 0.312. The number of benzene rings is 1. The number of nitrogens with one attached hydrogen (secondary N) is 1. The highest BCUT2D eigenvalue weighted by atomic mass is 16.6. The second-order valence-electron chi connectivity index (χ2n) is 17.1. The number of H-pyrrole nitrogens is 1. The van der Waals surface area contributed by atoms with Crippen molar-refractivity contribution >= 4 is 22.4 Å². The van der Waals surface area contributed by atoms with Crippen LogP contribution in [0.4, 0.5) is 0 Å². The molecular formula is C38H49NO5. The molecule has 2 saturated carbocycles. The number of aromatic amines is 1. The molecule has 2 aromatic rings. The van der Waals surface area contributed by atoms with E-state index in [0.717, 1.165) is 32.1 Å². The largest absolute Gasteiger partial charge is 0.478 e. The highest BCUT2D eigenvalue weighted by molar-refractivity contribution is 5.92. The number of fused-ring (bicyclic) bond motifs is 12. The molecule has 6 heteroatoms. The Bertz CT molecular complexity index is 1690. The Morgan fingerprint density at radius 2 is 1.77 bits per heavy atom. The van der Waals surface area contributed by atoms with Crippen LogP contribution in [-0.2, 0) is 32.5 Å². The lowest BCUT2D eigenvalue weighted by atomic mass is 9.40. The summed E-state index contributed by atoms with van der Waals surface area (Å²) in [7, 11) is 0. The first-order chi connectivity index (χ1) is 20.4. The van der Waals surface area contributed by atoms with Crippen molar-refractivity contribution in [1.29, 1.82) is 0 Å². The molecule has 3 N–H and O–H groups in total. The van der Waals surface area contributed by atoms with Crippen LogP contribution in [0, 0.1) is 28.6 Å². The second kappa shape index (κ2) is 8.49. The van der Waals surface area contributed by atoms with Crippen LogP contribution < -0.4 is 0 Å². The summed E-state index contributed by atoms with van der Waals surface area (Å²) in [6, 6.07) is 4.93. The Hall–Kier alpha value is -2.41. The smallest absolute Gasteiger partial charge is 0.331 e. The highest BCUT2D eigenvalue weighted by Gasteiger charge is 2.72. The predicted octanol–water partition coefficient (Wildman–Crippen LogP) is 7.47. The lowest BCUT2D eigenvalue weighted by Crippen LogP contribution is -2.65. The lowest BCUT2D eigenvalue weighted by Gasteiger charge is -2.65. The molecule has 6 nitrogen and oxygen atoms in total. The van der Waals surface area contributed by atoms with E-state index in [4.69, 9.17) is 9.47 Å². The highest BCUT2D eigenvalue weighted by Crippen LogP contribution is 2.73. The average molecular weight is 600 g/mol. The Labute approximate surface area is 261 Å². The van der Waals surface area contributed by atoms with Gasteiger partial charge in [-0.15, -0.1) is 0 Å². The Morgan fingerprint density at radius 1 is 1.02 bits per heavy atom. The second-order valence-corrected chi connectivity index (χ2v) is 17.1. The van der Waals surface area contributed by atoms with Gasteiger partial charge in [0.05, 0.1) is 17.3 Å². The van der Waals surface area contributed by atoms with Gasteiger partial charge in [-0.05, 0) is 137 Å². The molecule has 236 valence electrons. The molecule has 4 aliphatic carbocycles. The third-order valence-corrected chi connectivity index (χ3v) is 14.0. The van der Waals surface area contributed by atoms with Crippen LogP contribution >= 0.6 is 0 Å². The molecule has 3 heterocycles. The predicted molar refractivity (Wildman–Crippen MR) is 171 cm³/mol. The van der Waals surface area contributed by atoms with Crippen molar-refractivity contribution in [2.75, 3.05) is 0 Å². The molecule has 3 fully saturated rings. The molecule has 0 bridgehead atoms. The van der Waals surface area contributed by atoms with Gasteiger partial charge >= 0.3 is 5.97 Å². The maximum atomic E-state index is 12.0. The van der Waals surface area contributed by atoms with E-state index in [2.05, 4.69) is 71.7 Å². The summed E-state index contributed by atoms with van der Waals surface area (Å²) in [4.78, 5) is 15.6. The summed E-state index contributed by atoms with van der Waals surface area (Å²) < 4.78 is 12.9. The molecule has 0 amide bonds. The molecule has 0 spiro atoms. The summed E-state index contributed by atoms with van der Waals surface area (Å²) in [5.41, 5.74) is 7.71. The zero-order valence-corrected chi connectivity index (χ0v) is 27.7. The first-order valence-electron chi connectivity index (χ1n) is 16.9. The Balaban J connectivity index is 1.21. The van der Waals surface area contributed by atoms with Crippen LogP contribution in [0.5, 0.6) is 0 Å². The Morgan fingerprint density at radius 3 is 2.50 bits per heavy atom. The molecule has 1 saturated heterocycles. The van der Waals surface area contributed by atoms with Crippen LogP contribution in [0.3, 0.4) is 0 Å². The van der Waals surface area contributed by atoms with Crippen LogP contribution in [0.1, 0.15) is 110 Å². The summed E-state index contributed by atoms with van der Waals surface area (Å²) in [5, 5.41) is 22.9.